The van der Waals surface area contributed by atoms with Crippen LogP contribution in [0.5, 0.6) is 11.5 Å². The van der Waals surface area contributed by atoms with E-state index >= 15 is 0 Å². The fraction of sp³-hybridized carbons (Fsp3) is 0.238. The molecule has 0 heterocycles. The number of benzene rings is 5. The Morgan fingerprint density at radius 2 is 1.27 bits per heavy atom. The Morgan fingerprint density at radius 1 is 0.646 bits per heavy atom. The van der Waals surface area contributed by atoms with Crippen LogP contribution in [0.2, 0.25) is 0 Å². The van der Waals surface area contributed by atoms with Gasteiger partial charge in [0.05, 0.1) is 6.61 Å². The van der Waals surface area contributed by atoms with Crippen LogP contribution in [0.3, 0.4) is 0 Å². The molecule has 0 saturated carbocycles. The fourth-order valence-corrected chi connectivity index (χ4v) is 5.72. The van der Waals surface area contributed by atoms with Gasteiger partial charge in [0.1, 0.15) is 18.1 Å². The topological polar surface area (TPSA) is 65.1 Å². The van der Waals surface area contributed by atoms with Gasteiger partial charge in [-0.3, -0.25) is 4.79 Å². The number of ether oxygens (including phenoxy) is 3. The van der Waals surface area contributed by atoms with Gasteiger partial charge in [-0.2, -0.15) is 0 Å². The molecule has 1 amide bonds. The van der Waals surface area contributed by atoms with Crippen molar-refractivity contribution in [3.8, 4) is 11.5 Å². The molecule has 6 nitrogen and oxygen atoms in total. The highest BCUT2D eigenvalue weighted by molar-refractivity contribution is 5.94. The number of hydrogen-bond donors (Lipinski definition) is 0. The van der Waals surface area contributed by atoms with Crippen LogP contribution in [0, 0.1) is 0 Å². The first-order valence-corrected chi connectivity index (χ1v) is 16.6. The molecule has 5 aromatic rings. The Labute approximate surface area is 283 Å². The van der Waals surface area contributed by atoms with Crippen LogP contribution in [-0.4, -0.2) is 43.1 Å². The van der Waals surface area contributed by atoms with Crippen molar-refractivity contribution < 1.29 is 23.8 Å². The van der Waals surface area contributed by atoms with Crippen LogP contribution in [0.1, 0.15) is 58.3 Å². The molecule has 0 fully saturated rings. The zero-order valence-corrected chi connectivity index (χ0v) is 27.5. The lowest BCUT2D eigenvalue weighted by Crippen LogP contribution is -2.34. The van der Waals surface area contributed by atoms with Gasteiger partial charge in [0, 0.05) is 24.6 Å². The number of aryl methyl sites for hydroxylation is 1. The number of carbonyl (C=O) groups excluding carboxylic acids is 2. The van der Waals surface area contributed by atoms with E-state index in [1.54, 1.807) is 6.92 Å². The van der Waals surface area contributed by atoms with Crippen molar-refractivity contribution in [2.75, 3.05) is 26.3 Å². The number of esters is 1. The summed E-state index contributed by atoms with van der Waals surface area (Å²) in [4.78, 5) is 27.8. The highest BCUT2D eigenvalue weighted by Gasteiger charge is 2.20. The third kappa shape index (κ3) is 10.3. The average Bonchev–Trinajstić information content (AvgIpc) is 3.14. The third-order valence-corrected chi connectivity index (χ3v) is 8.18. The Balaban J connectivity index is 1.28. The van der Waals surface area contributed by atoms with Crippen LogP contribution in [0.25, 0.3) is 0 Å². The monoisotopic (exact) mass is 641 g/mol. The van der Waals surface area contributed by atoms with Crippen molar-refractivity contribution in [3.05, 3.63) is 167 Å². The molecule has 5 aromatic carbocycles. The summed E-state index contributed by atoms with van der Waals surface area (Å²) in [7, 11) is 0. The Bertz CT molecular complexity index is 1650. The highest BCUT2D eigenvalue weighted by atomic mass is 16.6. The molecule has 5 rings (SSSR count). The van der Waals surface area contributed by atoms with Crippen LogP contribution in [-0.2, 0) is 22.6 Å². The van der Waals surface area contributed by atoms with Crippen molar-refractivity contribution in [3.63, 3.8) is 0 Å². The average molecular weight is 642 g/mol. The van der Waals surface area contributed by atoms with E-state index in [4.69, 9.17) is 14.2 Å². The molecule has 0 radical (unpaired) electrons. The molecule has 0 N–H and O–H groups in total. The maximum absolute atomic E-state index is 14.0. The minimum Gasteiger partial charge on any atom is -0.489 e. The Morgan fingerprint density at radius 3 is 1.92 bits per heavy atom. The molecule has 246 valence electrons. The van der Waals surface area contributed by atoms with Gasteiger partial charge in [-0.05, 0) is 84.8 Å². The second-order valence-corrected chi connectivity index (χ2v) is 11.6. The molecular weight excluding hydrogens is 598 g/mol. The van der Waals surface area contributed by atoms with Crippen molar-refractivity contribution in [1.82, 2.24) is 4.90 Å². The van der Waals surface area contributed by atoms with Crippen molar-refractivity contribution in [2.24, 2.45) is 0 Å². The van der Waals surface area contributed by atoms with Gasteiger partial charge in [0.15, 0.2) is 6.61 Å². The van der Waals surface area contributed by atoms with Gasteiger partial charge >= 0.3 is 5.97 Å². The second-order valence-electron chi connectivity index (χ2n) is 11.6. The zero-order valence-electron chi connectivity index (χ0n) is 27.5. The molecule has 0 bridgehead atoms. The summed E-state index contributed by atoms with van der Waals surface area (Å²) in [6.07, 6.45) is 2.31. The lowest BCUT2D eigenvalue weighted by atomic mass is 9.88. The van der Waals surface area contributed by atoms with Gasteiger partial charge < -0.3 is 19.1 Å². The maximum Gasteiger partial charge on any atom is 0.344 e. The number of amides is 1. The quantitative estimate of drug-likeness (QED) is 0.0953. The van der Waals surface area contributed by atoms with Gasteiger partial charge in [0.2, 0.25) is 0 Å². The van der Waals surface area contributed by atoms with Crippen molar-refractivity contribution in [2.45, 2.75) is 38.7 Å². The largest absolute Gasteiger partial charge is 0.489 e. The molecule has 0 aliphatic rings. The molecule has 6 heteroatoms. The minimum atomic E-state index is -0.392. The van der Waals surface area contributed by atoms with Gasteiger partial charge in [0.25, 0.3) is 5.91 Å². The first-order chi connectivity index (χ1) is 23.6. The summed E-state index contributed by atoms with van der Waals surface area (Å²) < 4.78 is 16.6. The van der Waals surface area contributed by atoms with Gasteiger partial charge in [-0.25, -0.2) is 4.79 Å². The number of hydrogen-bond acceptors (Lipinski definition) is 5. The molecule has 0 saturated heterocycles. The third-order valence-electron chi connectivity index (χ3n) is 8.18. The smallest absolute Gasteiger partial charge is 0.344 e. The molecule has 0 aliphatic carbocycles. The van der Waals surface area contributed by atoms with Crippen molar-refractivity contribution in [1.29, 1.82) is 0 Å². The lowest BCUT2D eigenvalue weighted by Gasteiger charge is -2.26. The first-order valence-electron chi connectivity index (χ1n) is 16.6. The molecule has 0 spiro atoms. The van der Waals surface area contributed by atoms with E-state index in [9.17, 15) is 9.59 Å². The molecule has 0 atom stereocenters. The van der Waals surface area contributed by atoms with E-state index in [1.165, 1.54) is 11.1 Å². The summed E-state index contributed by atoms with van der Waals surface area (Å²) in [5.41, 5.74) is 5.26. The number of nitrogens with zero attached hydrogens (tertiary/aromatic N) is 1. The van der Waals surface area contributed by atoms with E-state index in [-0.39, 0.29) is 18.4 Å². The Hall–Kier alpha value is -5.36. The van der Waals surface area contributed by atoms with E-state index in [0.717, 1.165) is 36.1 Å². The summed E-state index contributed by atoms with van der Waals surface area (Å²) in [5.74, 6) is 1.11. The molecule has 0 aliphatic heterocycles. The van der Waals surface area contributed by atoms with Crippen LogP contribution >= 0.6 is 0 Å². The summed E-state index contributed by atoms with van der Waals surface area (Å²) >= 11 is 0. The van der Waals surface area contributed by atoms with Crippen molar-refractivity contribution >= 4 is 11.9 Å². The molecule has 48 heavy (non-hydrogen) atoms. The predicted octanol–water partition coefficient (Wildman–Crippen LogP) is 8.50. The number of rotatable bonds is 17. The van der Waals surface area contributed by atoms with Crippen LogP contribution in [0.4, 0.5) is 0 Å². The summed E-state index contributed by atoms with van der Waals surface area (Å²) in [5, 5.41) is 0. The molecule has 0 unspecified atom stereocenters. The second kappa shape index (κ2) is 18.1. The van der Waals surface area contributed by atoms with E-state index in [1.807, 2.05) is 95.9 Å². The van der Waals surface area contributed by atoms with Gasteiger partial charge in [-0.15, -0.1) is 0 Å². The fourth-order valence-electron chi connectivity index (χ4n) is 5.72. The van der Waals surface area contributed by atoms with E-state index in [0.29, 0.717) is 37.6 Å². The van der Waals surface area contributed by atoms with E-state index < -0.39 is 5.97 Å². The predicted molar refractivity (Wildman–Crippen MR) is 189 cm³/mol. The summed E-state index contributed by atoms with van der Waals surface area (Å²) in [6.45, 7) is 3.63. The van der Waals surface area contributed by atoms with E-state index in [2.05, 4.69) is 48.5 Å². The molecular formula is C42H43NO5. The van der Waals surface area contributed by atoms with Crippen LogP contribution < -0.4 is 9.47 Å². The normalized spacial score (nSPS) is 10.8. The lowest BCUT2D eigenvalue weighted by molar-refractivity contribution is -0.145. The molecule has 0 aromatic heterocycles. The first kappa shape index (κ1) is 34.0. The minimum absolute atomic E-state index is 0.00370. The van der Waals surface area contributed by atoms with Crippen LogP contribution in [0.15, 0.2) is 140 Å². The zero-order chi connectivity index (χ0) is 33.4. The SMILES string of the molecule is CCOC(=O)COc1cccc(CCCN(CCC(c2ccccc2)c2ccccc2)C(=O)c2ccc(OCc3ccccc3)cc2)c1. The summed E-state index contributed by atoms with van der Waals surface area (Å²) in [6, 6.07) is 46.2. The standard InChI is InChI=1S/C42H43NO5/c1-2-46-41(44)32-48-39-22-12-16-33(30-39)17-13-28-43(29-27-40(35-18-8-4-9-19-35)36-20-10-5-11-21-36)42(45)37-23-25-38(26-24-37)47-31-34-14-6-3-7-15-34/h3-12,14-16,18-26,30,40H,2,13,17,27-29,31-32H2,1H3. The number of carbonyl (C=O) groups is 2. The van der Waals surface area contributed by atoms with Gasteiger partial charge in [-0.1, -0.05) is 103 Å². The Kier molecular flexibility index (Phi) is 12.8. The highest BCUT2D eigenvalue weighted by Crippen LogP contribution is 2.29. The maximum atomic E-state index is 14.0.